The molecule has 3 heteroatoms. The van der Waals surface area contributed by atoms with Crippen molar-refractivity contribution < 1.29 is 4.74 Å². The third kappa shape index (κ3) is 6.27. The molecule has 0 rings (SSSR count). The fourth-order valence-corrected chi connectivity index (χ4v) is 0.481. The maximum Gasteiger partial charge on any atom is 0.0588 e. The molecule has 0 aliphatic rings. The molecule has 0 unspecified atom stereocenters. The van der Waals surface area contributed by atoms with Crippen LogP contribution in [0.2, 0.25) is 0 Å². The topological polar surface area (TPSA) is 35.2 Å². The van der Waals surface area contributed by atoms with Crippen LogP contribution in [0.3, 0.4) is 0 Å². The molecule has 0 aromatic heterocycles. The van der Waals surface area contributed by atoms with E-state index < -0.39 is 0 Å². The molecular weight excluding hydrogens is 122 g/mol. The third-order valence-corrected chi connectivity index (χ3v) is 1.03. The van der Waals surface area contributed by atoms with Crippen LogP contribution in [0.4, 0.5) is 0 Å². The van der Waals surface area contributed by atoms with Crippen molar-refractivity contribution in [3.05, 3.63) is 0 Å². The number of nitrogens with two attached hydrogens (primary N) is 1. The van der Waals surface area contributed by atoms with Gasteiger partial charge in [0.15, 0.2) is 0 Å². The van der Waals surface area contributed by atoms with Crippen molar-refractivity contribution in [2.24, 2.45) is 5.73 Å². The van der Waals surface area contributed by atoms with E-state index >= 15 is 0 Å². The molecule has 8 heavy (non-hydrogen) atoms. The minimum Gasteiger partial charge on any atom is -0.380 e. The summed E-state index contributed by atoms with van der Waals surface area (Å²) >= 11 is 4.01. The molecule has 0 atom stereocenters. The molecule has 0 aromatic rings. The van der Waals surface area contributed by atoms with E-state index in [1.807, 2.05) is 0 Å². The summed E-state index contributed by atoms with van der Waals surface area (Å²) in [6.07, 6.45) is 1.02. The van der Waals surface area contributed by atoms with Crippen LogP contribution in [0.25, 0.3) is 0 Å². The summed E-state index contributed by atoms with van der Waals surface area (Å²) in [7, 11) is 0. The molecule has 0 heterocycles. The second-order valence-corrected chi connectivity index (χ2v) is 1.93. The van der Waals surface area contributed by atoms with E-state index in [4.69, 9.17) is 10.5 Å². The fraction of sp³-hybridized carbons (Fsp3) is 1.00. The first-order valence-electron chi connectivity index (χ1n) is 2.80. The average Bonchev–Trinajstić information content (AvgIpc) is 1.81. The van der Waals surface area contributed by atoms with Crippen molar-refractivity contribution in [2.75, 3.05) is 25.5 Å². The molecule has 50 valence electrons. The van der Waals surface area contributed by atoms with E-state index in [1.54, 1.807) is 0 Å². The summed E-state index contributed by atoms with van der Waals surface area (Å²) in [6, 6.07) is 0. The molecule has 0 amide bonds. The Hall–Kier alpha value is 0.270. The van der Waals surface area contributed by atoms with Crippen LogP contribution in [-0.2, 0) is 4.74 Å². The van der Waals surface area contributed by atoms with Gasteiger partial charge in [-0.25, -0.2) is 0 Å². The highest BCUT2D eigenvalue weighted by molar-refractivity contribution is 7.80. The van der Waals surface area contributed by atoms with Crippen molar-refractivity contribution in [3.63, 3.8) is 0 Å². The second kappa shape index (κ2) is 7.27. The average molecular weight is 135 g/mol. The molecule has 0 radical (unpaired) electrons. The minimum atomic E-state index is 0.618. The van der Waals surface area contributed by atoms with E-state index in [9.17, 15) is 0 Å². The van der Waals surface area contributed by atoms with Gasteiger partial charge in [-0.15, -0.1) is 0 Å². The van der Waals surface area contributed by atoms with Crippen molar-refractivity contribution in [3.8, 4) is 0 Å². The van der Waals surface area contributed by atoms with Crippen molar-refractivity contribution in [1.29, 1.82) is 0 Å². The lowest BCUT2D eigenvalue weighted by Gasteiger charge is -1.97. The van der Waals surface area contributed by atoms with Crippen LogP contribution in [-0.4, -0.2) is 25.5 Å². The summed E-state index contributed by atoms with van der Waals surface area (Å²) in [4.78, 5) is 0. The number of hydrogen-bond acceptors (Lipinski definition) is 3. The van der Waals surface area contributed by atoms with Gasteiger partial charge in [-0.3, -0.25) is 0 Å². The normalized spacial score (nSPS) is 9.75. The Labute approximate surface area is 55.8 Å². The van der Waals surface area contributed by atoms with Crippen LogP contribution in [0.1, 0.15) is 6.42 Å². The molecule has 0 bridgehead atoms. The van der Waals surface area contributed by atoms with Crippen LogP contribution >= 0.6 is 12.6 Å². The smallest absolute Gasteiger partial charge is 0.0588 e. The summed E-state index contributed by atoms with van der Waals surface area (Å²) in [5.41, 5.74) is 5.17. The Balaban J connectivity index is 2.53. The lowest BCUT2D eigenvalue weighted by Crippen LogP contribution is -2.08. The first-order chi connectivity index (χ1) is 3.91. The van der Waals surface area contributed by atoms with Gasteiger partial charge >= 0.3 is 0 Å². The number of ether oxygens (including phenoxy) is 1. The van der Waals surface area contributed by atoms with E-state index in [0.29, 0.717) is 13.2 Å². The van der Waals surface area contributed by atoms with Crippen molar-refractivity contribution >= 4 is 12.6 Å². The van der Waals surface area contributed by atoms with Gasteiger partial charge in [0, 0.05) is 13.2 Å². The summed E-state index contributed by atoms with van der Waals surface area (Å²) in [6.45, 7) is 2.08. The predicted molar refractivity (Wildman–Crippen MR) is 38.3 cm³/mol. The van der Waals surface area contributed by atoms with Crippen LogP contribution in [0, 0.1) is 0 Å². The largest absolute Gasteiger partial charge is 0.380 e. The van der Waals surface area contributed by atoms with Crippen LogP contribution in [0.15, 0.2) is 0 Å². The molecular formula is C5H13NOS. The maximum atomic E-state index is 5.17. The van der Waals surface area contributed by atoms with Crippen molar-refractivity contribution in [2.45, 2.75) is 6.42 Å². The maximum absolute atomic E-state index is 5.17. The summed E-state index contributed by atoms with van der Waals surface area (Å²) < 4.78 is 5.05. The second-order valence-electron chi connectivity index (χ2n) is 1.48. The molecule has 2 nitrogen and oxygen atoms in total. The first-order valence-corrected chi connectivity index (χ1v) is 3.43. The quantitative estimate of drug-likeness (QED) is 0.419. The SMILES string of the molecule is NCCOCCCS. The highest BCUT2D eigenvalue weighted by Gasteiger charge is 1.82. The molecule has 0 aromatic carbocycles. The lowest BCUT2D eigenvalue weighted by atomic mass is 10.5. The Morgan fingerprint density at radius 2 is 2.12 bits per heavy atom. The molecule has 0 aliphatic heterocycles. The number of hydrogen-bond donors (Lipinski definition) is 2. The van der Waals surface area contributed by atoms with E-state index in [0.717, 1.165) is 18.8 Å². The minimum absolute atomic E-state index is 0.618. The molecule has 0 fully saturated rings. The number of rotatable bonds is 5. The number of thiol groups is 1. The summed E-state index contributed by atoms with van der Waals surface area (Å²) in [5.74, 6) is 0.893. The molecule has 0 spiro atoms. The fourth-order valence-electron chi connectivity index (χ4n) is 0.352. The predicted octanol–water partition coefficient (Wildman–Crippen LogP) is 0.282. The van der Waals surface area contributed by atoms with Crippen molar-refractivity contribution in [1.82, 2.24) is 0 Å². The van der Waals surface area contributed by atoms with Gasteiger partial charge in [0.05, 0.1) is 6.61 Å². The summed E-state index contributed by atoms with van der Waals surface area (Å²) in [5, 5.41) is 0. The molecule has 0 saturated heterocycles. The highest BCUT2D eigenvalue weighted by atomic mass is 32.1. The Bertz CT molecular complexity index is 37.4. The van der Waals surface area contributed by atoms with Gasteiger partial charge < -0.3 is 10.5 Å². The Morgan fingerprint density at radius 1 is 1.38 bits per heavy atom. The zero-order valence-electron chi connectivity index (χ0n) is 4.97. The zero-order valence-corrected chi connectivity index (χ0v) is 5.86. The Kier molecular flexibility index (Phi) is 7.52. The van der Waals surface area contributed by atoms with E-state index in [2.05, 4.69) is 12.6 Å². The first kappa shape index (κ1) is 8.27. The van der Waals surface area contributed by atoms with Gasteiger partial charge in [-0.1, -0.05) is 0 Å². The van der Waals surface area contributed by atoms with Gasteiger partial charge in [-0.2, -0.15) is 12.6 Å². The standard InChI is InChI=1S/C5H13NOS/c6-2-4-7-3-1-5-8/h8H,1-6H2. The van der Waals surface area contributed by atoms with E-state index in [1.165, 1.54) is 0 Å². The van der Waals surface area contributed by atoms with Gasteiger partial charge in [0.1, 0.15) is 0 Å². The monoisotopic (exact) mass is 135 g/mol. The zero-order chi connectivity index (χ0) is 6.24. The lowest BCUT2D eigenvalue weighted by molar-refractivity contribution is 0.143. The Morgan fingerprint density at radius 3 is 2.62 bits per heavy atom. The highest BCUT2D eigenvalue weighted by Crippen LogP contribution is 1.83. The van der Waals surface area contributed by atoms with Crippen LogP contribution in [0.5, 0.6) is 0 Å². The third-order valence-electron chi connectivity index (χ3n) is 0.709. The molecule has 0 aliphatic carbocycles. The van der Waals surface area contributed by atoms with Gasteiger partial charge in [0.25, 0.3) is 0 Å². The van der Waals surface area contributed by atoms with E-state index in [-0.39, 0.29) is 0 Å². The van der Waals surface area contributed by atoms with Gasteiger partial charge in [0.2, 0.25) is 0 Å². The molecule has 0 saturated carbocycles. The molecule has 2 N–H and O–H groups in total. The van der Waals surface area contributed by atoms with Gasteiger partial charge in [-0.05, 0) is 12.2 Å². The van der Waals surface area contributed by atoms with Crippen LogP contribution < -0.4 is 5.73 Å².